The summed E-state index contributed by atoms with van der Waals surface area (Å²) in [6, 6.07) is 3.52. The third-order valence-corrected chi connectivity index (χ3v) is 6.72. The minimum absolute atomic E-state index is 0.296. The maximum atomic E-state index is 12.1. The highest BCUT2D eigenvalue weighted by molar-refractivity contribution is 7.13. The molecule has 34 heavy (non-hydrogen) atoms. The van der Waals surface area contributed by atoms with Gasteiger partial charge in [0.2, 0.25) is 11.8 Å². The molecule has 0 radical (unpaired) electrons. The standard InChI is InChI=1S/C24H25N7O2S/c1-3-26-24(32)29-21-9-18(23-28-20(13-34-23)15-6-4-5-7-15)19(12-27-21)16-8-17(11-25-10-16)22-31-30-14(2)33-22/h8-13,15H,3-7H2,1-2H3,(H2,26,27,29,32). The first-order valence-electron chi connectivity index (χ1n) is 11.4. The number of amides is 2. The van der Waals surface area contributed by atoms with Gasteiger partial charge in [-0.1, -0.05) is 12.8 Å². The van der Waals surface area contributed by atoms with Crippen molar-refractivity contribution in [3.05, 3.63) is 47.7 Å². The molecule has 10 heteroatoms. The lowest BCUT2D eigenvalue weighted by Gasteiger charge is -2.11. The number of pyridine rings is 2. The van der Waals surface area contributed by atoms with E-state index in [1.807, 2.05) is 19.1 Å². The van der Waals surface area contributed by atoms with Gasteiger partial charge in [0.25, 0.3) is 0 Å². The highest BCUT2D eigenvalue weighted by atomic mass is 32.1. The Kier molecular flexibility index (Phi) is 6.31. The maximum absolute atomic E-state index is 12.1. The third kappa shape index (κ3) is 4.67. The summed E-state index contributed by atoms with van der Waals surface area (Å²) < 4.78 is 5.58. The van der Waals surface area contributed by atoms with E-state index in [-0.39, 0.29) is 6.03 Å². The molecule has 0 saturated heterocycles. The number of urea groups is 1. The van der Waals surface area contributed by atoms with Crippen LogP contribution in [-0.4, -0.2) is 37.7 Å². The van der Waals surface area contributed by atoms with Gasteiger partial charge in [0.15, 0.2) is 0 Å². The normalized spacial score (nSPS) is 13.8. The summed E-state index contributed by atoms with van der Waals surface area (Å²) in [4.78, 5) is 26.0. The van der Waals surface area contributed by atoms with Crippen LogP contribution in [0.4, 0.5) is 10.6 Å². The van der Waals surface area contributed by atoms with Crippen LogP contribution in [0.1, 0.15) is 50.1 Å². The van der Waals surface area contributed by atoms with Crippen molar-refractivity contribution in [2.24, 2.45) is 0 Å². The minimum atomic E-state index is -0.296. The van der Waals surface area contributed by atoms with Crippen LogP contribution in [0.2, 0.25) is 0 Å². The fraction of sp³-hybridized carbons (Fsp3) is 0.333. The fourth-order valence-electron chi connectivity index (χ4n) is 4.19. The molecule has 0 atom stereocenters. The van der Waals surface area contributed by atoms with Gasteiger partial charge in [0.05, 0.1) is 11.3 Å². The average molecular weight is 476 g/mol. The molecule has 0 aromatic carbocycles. The number of carbonyl (C=O) groups excluding carboxylic acids is 1. The van der Waals surface area contributed by atoms with E-state index in [0.717, 1.165) is 33.0 Å². The molecule has 1 aliphatic carbocycles. The van der Waals surface area contributed by atoms with Crippen molar-refractivity contribution >= 4 is 23.2 Å². The SMILES string of the molecule is CCNC(=O)Nc1cc(-c2nc(C3CCCC3)cs2)c(-c2cncc(-c3nnc(C)o3)c2)cn1. The van der Waals surface area contributed by atoms with E-state index in [2.05, 4.69) is 36.2 Å². The Labute approximate surface area is 201 Å². The second kappa shape index (κ2) is 9.68. The number of aromatic nitrogens is 5. The summed E-state index contributed by atoms with van der Waals surface area (Å²) in [5.74, 6) is 1.88. The average Bonchev–Trinajstić information content (AvgIpc) is 3.61. The zero-order chi connectivity index (χ0) is 23.5. The number of anilines is 1. The van der Waals surface area contributed by atoms with Crippen molar-refractivity contribution in [1.29, 1.82) is 0 Å². The topological polar surface area (TPSA) is 119 Å². The summed E-state index contributed by atoms with van der Waals surface area (Å²) in [6.45, 7) is 4.15. The van der Waals surface area contributed by atoms with Crippen molar-refractivity contribution in [3.8, 4) is 33.2 Å². The smallest absolute Gasteiger partial charge is 0.320 e. The summed E-state index contributed by atoms with van der Waals surface area (Å²) >= 11 is 1.61. The quantitative estimate of drug-likeness (QED) is 0.382. The number of hydrogen-bond donors (Lipinski definition) is 2. The Morgan fingerprint density at radius 1 is 1.12 bits per heavy atom. The second-order valence-electron chi connectivity index (χ2n) is 8.25. The summed E-state index contributed by atoms with van der Waals surface area (Å²) in [5.41, 5.74) is 4.46. The van der Waals surface area contributed by atoms with Crippen LogP contribution in [-0.2, 0) is 0 Å². The monoisotopic (exact) mass is 475 g/mol. The summed E-state index contributed by atoms with van der Waals surface area (Å²) in [7, 11) is 0. The maximum Gasteiger partial charge on any atom is 0.320 e. The van der Waals surface area contributed by atoms with E-state index in [9.17, 15) is 4.79 Å². The van der Waals surface area contributed by atoms with E-state index in [4.69, 9.17) is 9.40 Å². The minimum Gasteiger partial charge on any atom is -0.421 e. The zero-order valence-electron chi connectivity index (χ0n) is 19.0. The molecule has 4 aromatic rings. The Bertz CT molecular complexity index is 1310. The molecule has 2 N–H and O–H groups in total. The molecule has 1 fully saturated rings. The van der Waals surface area contributed by atoms with Crippen molar-refractivity contribution in [1.82, 2.24) is 30.5 Å². The van der Waals surface area contributed by atoms with Crippen LogP contribution < -0.4 is 10.6 Å². The van der Waals surface area contributed by atoms with E-state index in [0.29, 0.717) is 30.1 Å². The van der Waals surface area contributed by atoms with E-state index in [1.54, 1.807) is 36.9 Å². The fourth-order valence-corrected chi connectivity index (χ4v) is 5.12. The van der Waals surface area contributed by atoms with E-state index >= 15 is 0 Å². The van der Waals surface area contributed by atoms with Crippen molar-refractivity contribution in [2.75, 3.05) is 11.9 Å². The third-order valence-electron chi connectivity index (χ3n) is 5.83. The molecular weight excluding hydrogens is 450 g/mol. The molecule has 0 bridgehead atoms. The van der Waals surface area contributed by atoms with Gasteiger partial charge in [-0.3, -0.25) is 10.3 Å². The molecule has 1 saturated carbocycles. The predicted molar refractivity (Wildman–Crippen MR) is 131 cm³/mol. The highest BCUT2D eigenvalue weighted by Crippen LogP contribution is 2.39. The first-order chi connectivity index (χ1) is 16.6. The number of thiazole rings is 1. The Hall–Kier alpha value is -3.66. The zero-order valence-corrected chi connectivity index (χ0v) is 19.9. The highest BCUT2D eigenvalue weighted by Gasteiger charge is 2.22. The summed E-state index contributed by atoms with van der Waals surface area (Å²) in [5, 5.41) is 16.6. The molecule has 0 spiro atoms. The Balaban J connectivity index is 1.56. The Morgan fingerprint density at radius 2 is 1.94 bits per heavy atom. The number of hydrogen-bond acceptors (Lipinski definition) is 8. The Morgan fingerprint density at radius 3 is 2.71 bits per heavy atom. The van der Waals surface area contributed by atoms with E-state index < -0.39 is 0 Å². The van der Waals surface area contributed by atoms with Gasteiger partial charge in [-0.15, -0.1) is 21.5 Å². The number of nitrogens with one attached hydrogen (secondary N) is 2. The van der Waals surface area contributed by atoms with Crippen LogP contribution in [0.3, 0.4) is 0 Å². The number of carbonyl (C=O) groups is 1. The summed E-state index contributed by atoms with van der Waals surface area (Å²) in [6.07, 6.45) is 10.1. The van der Waals surface area contributed by atoms with Crippen molar-refractivity contribution in [2.45, 2.75) is 45.4 Å². The second-order valence-corrected chi connectivity index (χ2v) is 9.11. The lowest BCUT2D eigenvalue weighted by atomic mass is 10.0. The molecule has 9 nitrogen and oxygen atoms in total. The van der Waals surface area contributed by atoms with Crippen LogP contribution in [0.25, 0.3) is 33.2 Å². The van der Waals surface area contributed by atoms with Gasteiger partial charge in [0, 0.05) is 60.0 Å². The molecule has 4 heterocycles. The van der Waals surface area contributed by atoms with Crippen LogP contribution in [0.5, 0.6) is 0 Å². The van der Waals surface area contributed by atoms with Crippen LogP contribution in [0, 0.1) is 6.92 Å². The molecule has 2 amide bonds. The first kappa shape index (κ1) is 22.1. The van der Waals surface area contributed by atoms with Gasteiger partial charge in [0.1, 0.15) is 10.8 Å². The molecule has 4 aromatic heterocycles. The molecule has 0 aliphatic heterocycles. The number of nitrogens with zero attached hydrogens (tertiary/aromatic N) is 5. The predicted octanol–water partition coefficient (Wildman–Crippen LogP) is 5.42. The number of rotatable bonds is 6. The first-order valence-corrected chi connectivity index (χ1v) is 12.2. The van der Waals surface area contributed by atoms with Gasteiger partial charge in [-0.2, -0.15) is 0 Å². The lowest BCUT2D eigenvalue weighted by molar-refractivity contribution is 0.252. The molecule has 174 valence electrons. The molecular formula is C24H25N7O2S. The van der Waals surface area contributed by atoms with Gasteiger partial charge in [-0.25, -0.2) is 14.8 Å². The van der Waals surface area contributed by atoms with Gasteiger partial charge >= 0.3 is 6.03 Å². The lowest BCUT2D eigenvalue weighted by Crippen LogP contribution is -2.28. The molecule has 1 aliphatic rings. The van der Waals surface area contributed by atoms with Crippen molar-refractivity contribution < 1.29 is 9.21 Å². The molecule has 0 unspecified atom stereocenters. The van der Waals surface area contributed by atoms with Gasteiger partial charge in [-0.05, 0) is 31.9 Å². The van der Waals surface area contributed by atoms with Crippen LogP contribution >= 0.6 is 11.3 Å². The largest absolute Gasteiger partial charge is 0.421 e. The van der Waals surface area contributed by atoms with Crippen LogP contribution in [0.15, 0.2) is 40.5 Å². The molecule has 5 rings (SSSR count). The van der Waals surface area contributed by atoms with Crippen molar-refractivity contribution in [3.63, 3.8) is 0 Å². The van der Waals surface area contributed by atoms with Gasteiger partial charge < -0.3 is 9.73 Å². The van der Waals surface area contributed by atoms with E-state index in [1.165, 1.54) is 25.7 Å². The number of aryl methyl sites for hydroxylation is 1.